The zero-order valence-corrected chi connectivity index (χ0v) is 16.1. The summed E-state index contributed by atoms with van der Waals surface area (Å²) < 4.78 is 7.76. The zero-order valence-electron chi connectivity index (χ0n) is 15.3. The molecule has 0 aromatic carbocycles. The first-order chi connectivity index (χ1) is 13.5. The van der Waals surface area contributed by atoms with E-state index in [2.05, 4.69) is 10.1 Å². The molecule has 9 nitrogen and oxygen atoms in total. The average molecular weight is 401 g/mol. The first-order valence-electron chi connectivity index (χ1n) is 8.90. The van der Waals surface area contributed by atoms with Gasteiger partial charge in [-0.3, -0.25) is 23.6 Å². The lowest BCUT2D eigenvalue weighted by Crippen LogP contribution is -2.35. The molecule has 0 radical (unpaired) electrons. The number of aromatic nitrogens is 4. The second-order valence-corrected chi connectivity index (χ2v) is 7.58. The number of hydrogen-bond acceptors (Lipinski definition) is 7. The van der Waals surface area contributed by atoms with Crippen molar-refractivity contribution in [1.29, 1.82) is 0 Å². The first kappa shape index (κ1) is 18.4. The molecule has 1 saturated heterocycles. The first-order valence-corrected chi connectivity index (χ1v) is 9.78. The second-order valence-electron chi connectivity index (χ2n) is 6.60. The summed E-state index contributed by atoms with van der Waals surface area (Å²) in [4.78, 5) is 44.1. The van der Waals surface area contributed by atoms with Gasteiger partial charge in [0.1, 0.15) is 18.3 Å². The van der Waals surface area contributed by atoms with Crippen LogP contribution in [0.4, 0.5) is 0 Å². The van der Waals surface area contributed by atoms with Crippen molar-refractivity contribution in [1.82, 2.24) is 24.2 Å². The van der Waals surface area contributed by atoms with Gasteiger partial charge >= 0.3 is 5.97 Å². The van der Waals surface area contributed by atoms with Gasteiger partial charge in [0.2, 0.25) is 0 Å². The third kappa shape index (κ3) is 3.42. The lowest BCUT2D eigenvalue weighted by atomic mass is 10.2. The molecule has 10 heteroatoms. The molecule has 0 N–H and O–H groups in total. The predicted molar refractivity (Wildman–Crippen MR) is 102 cm³/mol. The maximum atomic E-state index is 12.5. The molecule has 0 saturated carbocycles. The molecular formula is C18H19N5O4S. The molecule has 4 heterocycles. The summed E-state index contributed by atoms with van der Waals surface area (Å²) in [5.41, 5.74) is 0.0668. The van der Waals surface area contributed by atoms with E-state index < -0.39 is 5.97 Å². The van der Waals surface area contributed by atoms with Gasteiger partial charge in [-0.25, -0.2) is 4.98 Å². The summed E-state index contributed by atoms with van der Waals surface area (Å²) in [6.45, 7) is 0.0102. The summed E-state index contributed by atoms with van der Waals surface area (Å²) in [6, 6.07) is 4.03. The van der Waals surface area contributed by atoms with Crippen LogP contribution in [0.25, 0.3) is 11.0 Å². The number of thiophene rings is 1. The van der Waals surface area contributed by atoms with Crippen molar-refractivity contribution in [3.63, 3.8) is 0 Å². The van der Waals surface area contributed by atoms with Crippen molar-refractivity contribution in [3.8, 4) is 0 Å². The van der Waals surface area contributed by atoms with Crippen LogP contribution in [-0.2, 0) is 27.9 Å². The van der Waals surface area contributed by atoms with E-state index >= 15 is 0 Å². The summed E-state index contributed by atoms with van der Waals surface area (Å²) in [6.07, 6.45) is 4.53. The third-order valence-electron chi connectivity index (χ3n) is 4.82. The van der Waals surface area contributed by atoms with Gasteiger partial charge in [-0.1, -0.05) is 6.07 Å². The van der Waals surface area contributed by atoms with Crippen molar-refractivity contribution in [2.24, 2.45) is 7.05 Å². The zero-order chi connectivity index (χ0) is 19.7. The number of hydrogen-bond donors (Lipinski definition) is 0. The summed E-state index contributed by atoms with van der Waals surface area (Å²) in [7, 11) is 1.68. The maximum absolute atomic E-state index is 12.5. The number of esters is 1. The number of carbonyl (C=O) groups is 2. The minimum atomic E-state index is -0.660. The van der Waals surface area contributed by atoms with Crippen LogP contribution in [0.5, 0.6) is 0 Å². The van der Waals surface area contributed by atoms with Crippen LogP contribution >= 0.6 is 11.3 Å². The minimum Gasteiger partial charge on any atom is -0.454 e. The molecule has 3 aromatic heterocycles. The Labute approximate surface area is 164 Å². The lowest BCUT2D eigenvalue weighted by molar-refractivity contribution is -0.153. The highest BCUT2D eigenvalue weighted by atomic mass is 32.1. The quantitative estimate of drug-likeness (QED) is 0.594. The molecule has 28 heavy (non-hydrogen) atoms. The van der Waals surface area contributed by atoms with Crippen molar-refractivity contribution < 1.29 is 14.3 Å². The molecule has 1 atom stereocenters. The van der Waals surface area contributed by atoms with Gasteiger partial charge in [0.05, 0.1) is 12.2 Å². The summed E-state index contributed by atoms with van der Waals surface area (Å²) in [5.74, 6) is -0.884. The highest BCUT2D eigenvalue weighted by molar-refractivity contribution is 7.10. The highest BCUT2D eigenvalue weighted by Gasteiger charge is 2.31. The monoisotopic (exact) mass is 401 g/mol. The third-order valence-corrected chi connectivity index (χ3v) is 5.79. The molecule has 1 fully saturated rings. The number of amides is 1. The van der Waals surface area contributed by atoms with E-state index in [9.17, 15) is 14.4 Å². The SMILES string of the molecule is Cn1ncc2c(=O)n(CC(=O)OCC(=O)N3CCCC3c3cccs3)cnc21. The fourth-order valence-corrected chi connectivity index (χ4v) is 4.30. The van der Waals surface area contributed by atoms with E-state index in [-0.39, 0.29) is 30.7 Å². The molecule has 1 amide bonds. The fourth-order valence-electron chi connectivity index (χ4n) is 3.43. The van der Waals surface area contributed by atoms with Crippen molar-refractivity contribution in [3.05, 3.63) is 45.3 Å². The van der Waals surface area contributed by atoms with E-state index in [1.54, 1.807) is 23.3 Å². The minimum absolute atomic E-state index is 0.0472. The van der Waals surface area contributed by atoms with Gasteiger partial charge in [0, 0.05) is 18.5 Å². The predicted octanol–water partition coefficient (Wildman–Crippen LogP) is 1.10. The van der Waals surface area contributed by atoms with Gasteiger partial charge in [-0.05, 0) is 24.3 Å². The van der Waals surface area contributed by atoms with Gasteiger partial charge in [0.25, 0.3) is 11.5 Å². The van der Waals surface area contributed by atoms with E-state index in [1.807, 2.05) is 17.5 Å². The van der Waals surface area contributed by atoms with Crippen LogP contribution in [0, 0.1) is 0 Å². The molecule has 0 spiro atoms. The number of likely N-dealkylation sites (tertiary alicyclic amines) is 1. The Morgan fingerprint density at radius 3 is 3.04 bits per heavy atom. The molecule has 1 aliphatic rings. The van der Waals surface area contributed by atoms with Crippen LogP contribution in [0.15, 0.2) is 34.8 Å². The van der Waals surface area contributed by atoms with Gasteiger partial charge in [-0.15, -0.1) is 11.3 Å². The molecule has 1 unspecified atom stereocenters. The number of nitrogens with zero attached hydrogens (tertiary/aromatic N) is 5. The molecule has 1 aliphatic heterocycles. The second kappa shape index (κ2) is 7.55. The van der Waals surface area contributed by atoms with Crippen molar-refractivity contribution in [2.45, 2.75) is 25.4 Å². The van der Waals surface area contributed by atoms with E-state index in [0.717, 1.165) is 22.3 Å². The van der Waals surface area contributed by atoms with Gasteiger partial charge in [-0.2, -0.15) is 5.10 Å². The Balaban J connectivity index is 1.37. The molecule has 0 bridgehead atoms. The topological polar surface area (TPSA) is 99.3 Å². The largest absolute Gasteiger partial charge is 0.454 e. The van der Waals surface area contributed by atoms with Crippen LogP contribution in [0.2, 0.25) is 0 Å². The number of fused-ring (bicyclic) bond motifs is 1. The Hall–Kier alpha value is -3.01. The molecule has 146 valence electrons. The van der Waals surface area contributed by atoms with E-state index in [1.165, 1.54) is 17.2 Å². The van der Waals surface area contributed by atoms with E-state index in [0.29, 0.717) is 17.6 Å². The van der Waals surface area contributed by atoms with Gasteiger partial charge in [0.15, 0.2) is 12.3 Å². The van der Waals surface area contributed by atoms with Gasteiger partial charge < -0.3 is 9.64 Å². The summed E-state index contributed by atoms with van der Waals surface area (Å²) >= 11 is 1.62. The van der Waals surface area contributed by atoms with Crippen LogP contribution in [-0.4, -0.2) is 49.3 Å². The molecule has 4 rings (SSSR count). The fraction of sp³-hybridized carbons (Fsp3) is 0.389. The molecule has 3 aromatic rings. The Kier molecular flexibility index (Phi) is 4.95. The highest BCUT2D eigenvalue weighted by Crippen LogP contribution is 2.34. The van der Waals surface area contributed by atoms with Crippen LogP contribution in [0.3, 0.4) is 0 Å². The smallest absolute Gasteiger partial charge is 0.326 e. The van der Waals surface area contributed by atoms with Crippen LogP contribution < -0.4 is 5.56 Å². The van der Waals surface area contributed by atoms with Crippen molar-refractivity contribution in [2.75, 3.05) is 13.2 Å². The van der Waals surface area contributed by atoms with Crippen molar-refractivity contribution >= 4 is 34.2 Å². The molecular weight excluding hydrogens is 382 g/mol. The normalized spacial score (nSPS) is 16.6. The number of rotatable bonds is 5. The molecule has 0 aliphatic carbocycles. The maximum Gasteiger partial charge on any atom is 0.326 e. The van der Waals surface area contributed by atoms with E-state index in [4.69, 9.17) is 4.74 Å². The average Bonchev–Trinajstić information content (AvgIpc) is 3.42. The number of carbonyl (C=O) groups excluding carboxylic acids is 2. The lowest BCUT2D eigenvalue weighted by Gasteiger charge is -2.23. The Bertz CT molecular complexity index is 1070. The standard InChI is InChI=1S/C18H19N5O4S/c1-21-17-12(8-20-21)18(26)22(11-19-17)9-16(25)27-10-15(24)23-6-2-4-13(23)14-5-3-7-28-14/h3,5,7-8,11,13H,2,4,6,9-10H2,1H3. The Morgan fingerprint density at radius 2 is 2.25 bits per heavy atom. The number of ether oxygens (including phenoxy) is 1. The summed E-state index contributed by atoms with van der Waals surface area (Å²) in [5, 5.41) is 6.30. The van der Waals surface area contributed by atoms with Crippen LogP contribution in [0.1, 0.15) is 23.8 Å². The number of aryl methyl sites for hydroxylation is 1. The Morgan fingerprint density at radius 1 is 1.39 bits per heavy atom.